The first kappa shape index (κ1) is 15.1. The predicted octanol–water partition coefficient (Wildman–Crippen LogP) is 4.15. The van der Waals surface area contributed by atoms with E-state index in [4.69, 9.17) is 17.3 Å². The lowest BCUT2D eigenvalue weighted by atomic mass is 10.0. The molecule has 1 unspecified atom stereocenters. The molecule has 2 N–H and O–H groups in total. The van der Waals surface area contributed by atoms with Crippen LogP contribution in [0.25, 0.3) is 0 Å². The standard InChI is InChI=1S/C15H23ClN2/c1-6-9-18(15(3,4)5)12-7-8-13(11(2)17)14(16)10-12/h6-8,10-11H,1,9,17H2,2-5H3. The van der Waals surface area contributed by atoms with E-state index in [9.17, 15) is 0 Å². The van der Waals surface area contributed by atoms with Crippen molar-refractivity contribution < 1.29 is 0 Å². The lowest BCUT2D eigenvalue weighted by Gasteiger charge is -2.37. The van der Waals surface area contributed by atoms with E-state index in [1.165, 1.54) is 0 Å². The Morgan fingerprint density at radius 2 is 2.06 bits per heavy atom. The molecule has 3 heteroatoms. The highest BCUT2D eigenvalue weighted by Crippen LogP contribution is 2.30. The van der Waals surface area contributed by atoms with Crippen molar-refractivity contribution in [2.24, 2.45) is 5.73 Å². The minimum atomic E-state index is -0.0472. The van der Waals surface area contributed by atoms with Crippen molar-refractivity contribution in [1.29, 1.82) is 0 Å². The molecule has 0 fully saturated rings. The summed E-state index contributed by atoms with van der Waals surface area (Å²) >= 11 is 6.29. The lowest BCUT2D eigenvalue weighted by molar-refractivity contribution is 0.522. The van der Waals surface area contributed by atoms with Crippen LogP contribution in [0.15, 0.2) is 30.9 Å². The molecular weight excluding hydrogens is 244 g/mol. The Bertz CT molecular complexity index is 419. The van der Waals surface area contributed by atoms with E-state index in [0.29, 0.717) is 0 Å². The number of rotatable bonds is 4. The molecule has 0 saturated carbocycles. The Labute approximate surface area is 115 Å². The van der Waals surface area contributed by atoms with Gasteiger partial charge in [-0.15, -0.1) is 6.58 Å². The highest BCUT2D eigenvalue weighted by molar-refractivity contribution is 6.31. The fourth-order valence-electron chi connectivity index (χ4n) is 1.95. The summed E-state index contributed by atoms with van der Waals surface area (Å²) in [6, 6.07) is 6.01. The summed E-state index contributed by atoms with van der Waals surface area (Å²) in [6.07, 6.45) is 1.90. The second kappa shape index (κ2) is 5.77. The van der Waals surface area contributed by atoms with Gasteiger partial charge in [-0.1, -0.05) is 23.7 Å². The van der Waals surface area contributed by atoms with Gasteiger partial charge in [0, 0.05) is 28.8 Å². The highest BCUT2D eigenvalue weighted by atomic mass is 35.5. The van der Waals surface area contributed by atoms with Crippen LogP contribution in [0, 0.1) is 0 Å². The Balaban J connectivity index is 3.15. The van der Waals surface area contributed by atoms with Crippen molar-refractivity contribution in [3.8, 4) is 0 Å². The zero-order chi connectivity index (χ0) is 13.9. The molecule has 0 aliphatic carbocycles. The largest absolute Gasteiger partial charge is 0.363 e. The van der Waals surface area contributed by atoms with Crippen LogP contribution in [0.5, 0.6) is 0 Å². The van der Waals surface area contributed by atoms with E-state index in [-0.39, 0.29) is 11.6 Å². The Morgan fingerprint density at radius 3 is 2.44 bits per heavy atom. The molecule has 1 rings (SSSR count). The summed E-state index contributed by atoms with van der Waals surface area (Å²) in [7, 11) is 0. The summed E-state index contributed by atoms with van der Waals surface area (Å²) < 4.78 is 0. The smallest absolute Gasteiger partial charge is 0.0474 e. The average Bonchev–Trinajstić information content (AvgIpc) is 2.23. The van der Waals surface area contributed by atoms with Gasteiger partial charge in [0.1, 0.15) is 0 Å². The van der Waals surface area contributed by atoms with E-state index >= 15 is 0 Å². The van der Waals surface area contributed by atoms with Crippen molar-refractivity contribution in [2.75, 3.05) is 11.4 Å². The summed E-state index contributed by atoms with van der Waals surface area (Å²) in [5.74, 6) is 0. The molecular formula is C15H23ClN2. The van der Waals surface area contributed by atoms with Crippen molar-refractivity contribution in [3.05, 3.63) is 41.4 Å². The minimum Gasteiger partial charge on any atom is -0.363 e. The van der Waals surface area contributed by atoms with Crippen molar-refractivity contribution in [1.82, 2.24) is 0 Å². The van der Waals surface area contributed by atoms with E-state index in [1.54, 1.807) is 0 Å². The van der Waals surface area contributed by atoms with Crippen LogP contribution < -0.4 is 10.6 Å². The van der Waals surface area contributed by atoms with Crippen molar-refractivity contribution >= 4 is 17.3 Å². The van der Waals surface area contributed by atoms with Gasteiger partial charge in [0.2, 0.25) is 0 Å². The number of hydrogen-bond donors (Lipinski definition) is 1. The summed E-state index contributed by atoms with van der Waals surface area (Å²) in [6.45, 7) is 13.1. The van der Waals surface area contributed by atoms with E-state index in [0.717, 1.165) is 22.8 Å². The Hall–Kier alpha value is -0.990. The first-order valence-corrected chi connectivity index (χ1v) is 6.58. The van der Waals surface area contributed by atoms with Crippen LogP contribution in [0.1, 0.15) is 39.3 Å². The number of anilines is 1. The van der Waals surface area contributed by atoms with Gasteiger partial charge in [0.05, 0.1) is 0 Å². The van der Waals surface area contributed by atoms with Crippen LogP contribution in [-0.4, -0.2) is 12.1 Å². The minimum absolute atomic E-state index is 0.0212. The first-order valence-electron chi connectivity index (χ1n) is 6.21. The molecule has 2 nitrogen and oxygen atoms in total. The molecule has 0 spiro atoms. The number of halogens is 1. The molecule has 1 aromatic carbocycles. The third-order valence-electron chi connectivity index (χ3n) is 2.91. The van der Waals surface area contributed by atoms with Crippen LogP contribution in [-0.2, 0) is 0 Å². The van der Waals surface area contributed by atoms with E-state index in [2.05, 4.69) is 38.3 Å². The van der Waals surface area contributed by atoms with Crippen LogP contribution >= 0.6 is 11.6 Å². The van der Waals surface area contributed by atoms with Gasteiger partial charge >= 0.3 is 0 Å². The van der Waals surface area contributed by atoms with E-state index < -0.39 is 0 Å². The van der Waals surface area contributed by atoms with Gasteiger partial charge in [-0.25, -0.2) is 0 Å². The van der Waals surface area contributed by atoms with Gasteiger partial charge in [-0.3, -0.25) is 0 Å². The van der Waals surface area contributed by atoms with Gasteiger partial charge in [-0.2, -0.15) is 0 Å². The maximum Gasteiger partial charge on any atom is 0.0474 e. The summed E-state index contributed by atoms with van der Waals surface area (Å²) in [5.41, 5.74) is 7.97. The zero-order valence-electron chi connectivity index (χ0n) is 11.7. The summed E-state index contributed by atoms with van der Waals surface area (Å²) in [4.78, 5) is 2.26. The summed E-state index contributed by atoms with van der Waals surface area (Å²) in [5, 5.41) is 0.723. The van der Waals surface area contributed by atoms with Crippen LogP contribution in [0.4, 0.5) is 5.69 Å². The number of nitrogens with zero attached hydrogens (tertiary/aromatic N) is 1. The molecule has 18 heavy (non-hydrogen) atoms. The molecule has 0 saturated heterocycles. The lowest BCUT2D eigenvalue weighted by Crippen LogP contribution is -2.41. The highest BCUT2D eigenvalue weighted by Gasteiger charge is 2.21. The third kappa shape index (κ3) is 3.50. The second-order valence-electron chi connectivity index (χ2n) is 5.56. The monoisotopic (exact) mass is 266 g/mol. The normalized spacial score (nSPS) is 13.2. The second-order valence-corrected chi connectivity index (χ2v) is 5.97. The van der Waals surface area contributed by atoms with Gasteiger partial charge in [0.15, 0.2) is 0 Å². The van der Waals surface area contributed by atoms with Gasteiger partial charge in [-0.05, 0) is 45.4 Å². The Kier molecular flexibility index (Phi) is 4.83. The molecule has 1 aromatic rings. The number of benzene rings is 1. The maximum atomic E-state index is 6.29. The molecule has 0 radical (unpaired) electrons. The van der Waals surface area contributed by atoms with Gasteiger partial charge in [0.25, 0.3) is 0 Å². The average molecular weight is 267 g/mol. The fourth-order valence-corrected chi connectivity index (χ4v) is 2.30. The van der Waals surface area contributed by atoms with Crippen LogP contribution in [0.2, 0.25) is 5.02 Å². The number of nitrogens with two attached hydrogens (primary N) is 1. The molecule has 0 aliphatic heterocycles. The molecule has 0 amide bonds. The molecule has 0 aliphatic rings. The fraction of sp³-hybridized carbons (Fsp3) is 0.467. The SMILES string of the molecule is C=CCN(c1ccc(C(C)N)c(Cl)c1)C(C)(C)C. The van der Waals surface area contributed by atoms with Gasteiger partial charge < -0.3 is 10.6 Å². The molecule has 1 atom stereocenters. The molecule has 0 aromatic heterocycles. The predicted molar refractivity (Wildman–Crippen MR) is 81.4 cm³/mol. The number of hydrogen-bond acceptors (Lipinski definition) is 2. The molecule has 100 valence electrons. The maximum absolute atomic E-state index is 6.29. The van der Waals surface area contributed by atoms with Crippen molar-refractivity contribution in [2.45, 2.75) is 39.3 Å². The third-order valence-corrected chi connectivity index (χ3v) is 3.24. The van der Waals surface area contributed by atoms with Crippen molar-refractivity contribution in [3.63, 3.8) is 0 Å². The van der Waals surface area contributed by atoms with Crippen LogP contribution in [0.3, 0.4) is 0 Å². The molecule has 0 heterocycles. The Morgan fingerprint density at radius 1 is 1.44 bits per heavy atom. The molecule has 0 bridgehead atoms. The first-order chi connectivity index (χ1) is 8.27. The zero-order valence-corrected chi connectivity index (χ0v) is 12.5. The topological polar surface area (TPSA) is 29.3 Å². The quantitative estimate of drug-likeness (QED) is 0.830. The van der Waals surface area contributed by atoms with E-state index in [1.807, 2.05) is 25.1 Å².